The van der Waals surface area contributed by atoms with Crippen LogP contribution in [0.25, 0.3) is 0 Å². The first-order valence-corrected chi connectivity index (χ1v) is 8.34. The molecule has 23 heavy (non-hydrogen) atoms. The summed E-state index contributed by atoms with van der Waals surface area (Å²) in [6, 6.07) is 7.61. The molecule has 1 atom stereocenters. The molecule has 124 valence electrons. The van der Waals surface area contributed by atoms with Crippen molar-refractivity contribution in [1.82, 2.24) is 15.1 Å². The molecule has 2 aliphatic rings. The van der Waals surface area contributed by atoms with Crippen LogP contribution in [0.3, 0.4) is 0 Å². The number of para-hydroxylation sites is 1. The first-order chi connectivity index (χ1) is 11.2. The minimum atomic E-state index is -0.0449. The standard InChI is InChI=1S/C17H24N4O2/c1-2-13-7-9-20(11-13)17(23)19-15-6-4-3-5-14(15)12-21-10-8-18-16(21)22/h3-6,13H,2,7-12H2,1H3,(H,18,22)(H,19,23)/t13-/m0/s1. The summed E-state index contributed by atoms with van der Waals surface area (Å²) in [6.07, 6.45) is 2.20. The number of hydrogen-bond donors (Lipinski definition) is 2. The van der Waals surface area contributed by atoms with Gasteiger partial charge in [-0.15, -0.1) is 0 Å². The van der Waals surface area contributed by atoms with Crippen molar-refractivity contribution < 1.29 is 9.59 Å². The zero-order valence-electron chi connectivity index (χ0n) is 13.5. The van der Waals surface area contributed by atoms with Crippen molar-refractivity contribution in [2.24, 2.45) is 5.92 Å². The number of carbonyl (C=O) groups is 2. The second-order valence-corrected chi connectivity index (χ2v) is 6.25. The molecule has 4 amide bonds. The number of nitrogens with zero attached hydrogens (tertiary/aromatic N) is 2. The zero-order chi connectivity index (χ0) is 16.2. The van der Waals surface area contributed by atoms with Crippen molar-refractivity contribution in [3.05, 3.63) is 29.8 Å². The van der Waals surface area contributed by atoms with Crippen molar-refractivity contribution in [2.75, 3.05) is 31.5 Å². The summed E-state index contributed by atoms with van der Waals surface area (Å²) in [7, 11) is 0. The van der Waals surface area contributed by atoms with E-state index < -0.39 is 0 Å². The van der Waals surface area contributed by atoms with Gasteiger partial charge in [0.25, 0.3) is 0 Å². The van der Waals surface area contributed by atoms with Gasteiger partial charge in [-0.25, -0.2) is 9.59 Å². The summed E-state index contributed by atoms with van der Waals surface area (Å²) < 4.78 is 0. The van der Waals surface area contributed by atoms with Gasteiger partial charge in [-0.2, -0.15) is 0 Å². The maximum Gasteiger partial charge on any atom is 0.321 e. The Bertz CT molecular complexity index is 590. The summed E-state index contributed by atoms with van der Waals surface area (Å²) in [5, 5.41) is 5.81. The first kappa shape index (κ1) is 15.6. The quantitative estimate of drug-likeness (QED) is 0.896. The van der Waals surface area contributed by atoms with Crippen LogP contribution in [0, 0.1) is 5.92 Å². The van der Waals surface area contributed by atoms with Crippen molar-refractivity contribution >= 4 is 17.7 Å². The third kappa shape index (κ3) is 3.57. The molecule has 1 aromatic carbocycles. The fourth-order valence-corrected chi connectivity index (χ4v) is 3.19. The fraction of sp³-hybridized carbons (Fsp3) is 0.529. The summed E-state index contributed by atoms with van der Waals surface area (Å²) in [6.45, 7) is 5.72. The van der Waals surface area contributed by atoms with Crippen molar-refractivity contribution in [3.8, 4) is 0 Å². The minimum Gasteiger partial charge on any atom is -0.336 e. The predicted octanol–water partition coefficient (Wildman–Crippen LogP) is 2.48. The molecule has 2 saturated heterocycles. The monoisotopic (exact) mass is 316 g/mol. The smallest absolute Gasteiger partial charge is 0.321 e. The molecule has 1 aromatic rings. The number of anilines is 1. The van der Waals surface area contributed by atoms with E-state index in [1.165, 1.54) is 0 Å². The van der Waals surface area contributed by atoms with E-state index in [2.05, 4.69) is 17.6 Å². The van der Waals surface area contributed by atoms with E-state index in [9.17, 15) is 9.59 Å². The summed E-state index contributed by atoms with van der Waals surface area (Å²) in [5.74, 6) is 0.615. The third-order valence-electron chi connectivity index (χ3n) is 4.72. The van der Waals surface area contributed by atoms with E-state index in [1.54, 1.807) is 4.90 Å². The second-order valence-electron chi connectivity index (χ2n) is 6.25. The van der Waals surface area contributed by atoms with Gasteiger partial charge in [-0.3, -0.25) is 0 Å². The highest BCUT2D eigenvalue weighted by atomic mass is 16.2. The highest BCUT2D eigenvalue weighted by molar-refractivity contribution is 5.90. The molecule has 3 rings (SSSR count). The topological polar surface area (TPSA) is 64.7 Å². The Morgan fingerprint density at radius 1 is 1.35 bits per heavy atom. The van der Waals surface area contributed by atoms with Gasteiger partial charge in [0.1, 0.15) is 0 Å². The van der Waals surface area contributed by atoms with E-state index in [4.69, 9.17) is 0 Å². The van der Waals surface area contributed by atoms with Gasteiger partial charge in [0.2, 0.25) is 0 Å². The van der Waals surface area contributed by atoms with Crippen LogP contribution in [0.15, 0.2) is 24.3 Å². The molecule has 0 aliphatic carbocycles. The van der Waals surface area contributed by atoms with Crippen LogP contribution in [0.1, 0.15) is 25.3 Å². The highest BCUT2D eigenvalue weighted by Crippen LogP contribution is 2.22. The molecule has 0 bridgehead atoms. The van der Waals surface area contributed by atoms with Crippen LogP contribution in [0.4, 0.5) is 15.3 Å². The average Bonchev–Trinajstić information content (AvgIpc) is 3.19. The molecule has 2 heterocycles. The molecule has 0 unspecified atom stereocenters. The van der Waals surface area contributed by atoms with Gasteiger partial charge >= 0.3 is 12.1 Å². The maximum atomic E-state index is 12.5. The Labute approximate surface area is 136 Å². The average molecular weight is 316 g/mol. The van der Waals surface area contributed by atoms with Crippen LogP contribution >= 0.6 is 0 Å². The molecule has 0 spiro atoms. The number of carbonyl (C=O) groups excluding carboxylic acids is 2. The number of urea groups is 2. The number of benzene rings is 1. The molecule has 2 N–H and O–H groups in total. The molecular formula is C17H24N4O2. The largest absolute Gasteiger partial charge is 0.336 e. The fourth-order valence-electron chi connectivity index (χ4n) is 3.19. The van der Waals surface area contributed by atoms with Crippen LogP contribution < -0.4 is 10.6 Å². The third-order valence-corrected chi connectivity index (χ3v) is 4.72. The maximum absolute atomic E-state index is 12.5. The molecule has 2 aliphatic heterocycles. The van der Waals surface area contributed by atoms with E-state index in [1.807, 2.05) is 29.2 Å². The Kier molecular flexibility index (Phi) is 4.69. The van der Waals surface area contributed by atoms with Crippen LogP contribution in [-0.2, 0) is 6.54 Å². The molecule has 0 saturated carbocycles. The first-order valence-electron chi connectivity index (χ1n) is 8.34. The number of hydrogen-bond acceptors (Lipinski definition) is 2. The SMILES string of the molecule is CC[C@H]1CCN(C(=O)Nc2ccccc2CN2CCNC2=O)C1. The molecule has 0 radical (unpaired) electrons. The lowest BCUT2D eigenvalue weighted by Crippen LogP contribution is -2.33. The minimum absolute atomic E-state index is 0.0423. The van der Waals surface area contributed by atoms with Crippen molar-refractivity contribution in [3.63, 3.8) is 0 Å². The normalized spacial score (nSPS) is 20.7. The summed E-state index contributed by atoms with van der Waals surface area (Å²) in [5.41, 5.74) is 1.75. The lowest BCUT2D eigenvalue weighted by molar-refractivity contribution is 0.215. The van der Waals surface area contributed by atoms with Crippen LogP contribution in [0.5, 0.6) is 0 Å². The van der Waals surface area contributed by atoms with Crippen LogP contribution in [-0.4, -0.2) is 48.0 Å². The second kappa shape index (κ2) is 6.89. The van der Waals surface area contributed by atoms with E-state index >= 15 is 0 Å². The van der Waals surface area contributed by atoms with Crippen molar-refractivity contribution in [2.45, 2.75) is 26.3 Å². The van der Waals surface area contributed by atoms with Gasteiger partial charge < -0.3 is 20.4 Å². The van der Waals surface area contributed by atoms with E-state index in [0.29, 0.717) is 25.6 Å². The Morgan fingerprint density at radius 2 is 2.17 bits per heavy atom. The molecule has 2 fully saturated rings. The van der Waals surface area contributed by atoms with Crippen molar-refractivity contribution in [1.29, 1.82) is 0 Å². The predicted molar refractivity (Wildman–Crippen MR) is 89.2 cm³/mol. The Morgan fingerprint density at radius 3 is 2.87 bits per heavy atom. The molecule has 6 nitrogen and oxygen atoms in total. The molecular weight excluding hydrogens is 292 g/mol. The van der Waals surface area contributed by atoms with Gasteiger partial charge in [0.15, 0.2) is 0 Å². The van der Waals surface area contributed by atoms with Gasteiger partial charge in [0, 0.05) is 38.4 Å². The molecule has 6 heteroatoms. The molecule has 0 aromatic heterocycles. The number of likely N-dealkylation sites (tertiary alicyclic amines) is 1. The lowest BCUT2D eigenvalue weighted by Gasteiger charge is -2.20. The number of rotatable bonds is 4. The Hall–Kier alpha value is -2.24. The summed E-state index contributed by atoms with van der Waals surface area (Å²) >= 11 is 0. The van der Waals surface area contributed by atoms with E-state index in [-0.39, 0.29) is 12.1 Å². The number of amides is 4. The summed E-state index contributed by atoms with van der Waals surface area (Å²) in [4.78, 5) is 27.8. The van der Waals surface area contributed by atoms with E-state index in [0.717, 1.165) is 37.2 Å². The van der Waals surface area contributed by atoms with Gasteiger partial charge in [-0.05, 0) is 24.0 Å². The highest BCUT2D eigenvalue weighted by Gasteiger charge is 2.26. The van der Waals surface area contributed by atoms with Gasteiger partial charge in [-0.1, -0.05) is 31.5 Å². The lowest BCUT2D eigenvalue weighted by atomic mass is 10.1. The number of nitrogens with one attached hydrogen (secondary N) is 2. The Balaban J connectivity index is 1.66. The zero-order valence-corrected chi connectivity index (χ0v) is 13.5. The van der Waals surface area contributed by atoms with Crippen LogP contribution in [0.2, 0.25) is 0 Å². The van der Waals surface area contributed by atoms with Gasteiger partial charge in [0.05, 0.1) is 0 Å².